The number of likely N-dealkylation sites (tertiary alicyclic amines) is 1. The number of piperidine rings is 1. The molecule has 2 atom stereocenters. The van der Waals surface area contributed by atoms with E-state index in [9.17, 15) is 5.11 Å². The van der Waals surface area contributed by atoms with E-state index in [-0.39, 0.29) is 0 Å². The standard InChI is InChI=1S/C16H32N2O/c1-3-10-17-15-7-5-4-6-14(15)13-18-11-8-16(2,19)9-12-18/h14-15,17,19H,3-13H2,1-2H3. The molecule has 0 aromatic carbocycles. The van der Waals surface area contributed by atoms with Gasteiger partial charge in [-0.15, -0.1) is 0 Å². The van der Waals surface area contributed by atoms with E-state index in [1.54, 1.807) is 0 Å². The Morgan fingerprint density at radius 1 is 1.21 bits per heavy atom. The van der Waals surface area contributed by atoms with E-state index in [4.69, 9.17) is 0 Å². The Bertz CT molecular complexity index is 257. The Kier molecular flexibility index (Phi) is 5.67. The Balaban J connectivity index is 1.79. The van der Waals surface area contributed by atoms with Crippen LogP contribution < -0.4 is 5.32 Å². The summed E-state index contributed by atoms with van der Waals surface area (Å²) in [6.45, 7) is 8.77. The van der Waals surface area contributed by atoms with Crippen LogP contribution in [0.2, 0.25) is 0 Å². The number of nitrogens with one attached hydrogen (secondary N) is 1. The lowest BCUT2D eigenvalue weighted by Gasteiger charge is -2.40. The van der Waals surface area contributed by atoms with Gasteiger partial charge in [0.15, 0.2) is 0 Å². The van der Waals surface area contributed by atoms with Crippen molar-refractivity contribution in [2.45, 2.75) is 70.4 Å². The van der Waals surface area contributed by atoms with Gasteiger partial charge in [0.1, 0.15) is 0 Å². The molecule has 2 N–H and O–H groups in total. The quantitative estimate of drug-likeness (QED) is 0.803. The number of aliphatic hydroxyl groups is 1. The minimum Gasteiger partial charge on any atom is -0.390 e. The highest BCUT2D eigenvalue weighted by molar-refractivity contribution is 4.87. The Labute approximate surface area is 118 Å². The summed E-state index contributed by atoms with van der Waals surface area (Å²) in [5, 5.41) is 13.8. The lowest BCUT2D eigenvalue weighted by atomic mass is 9.83. The van der Waals surface area contributed by atoms with Crippen LogP contribution in [0, 0.1) is 5.92 Å². The van der Waals surface area contributed by atoms with Crippen molar-refractivity contribution in [2.75, 3.05) is 26.2 Å². The average Bonchev–Trinajstić information content (AvgIpc) is 2.40. The van der Waals surface area contributed by atoms with E-state index in [0.717, 1.165) is 44.4 Å². The zero-order valence-electron chi connectivity index (χ0n) is 12.8. The Morgan fingerprint density at radius 3 is 2.58 bits per heavy atom. The van der Waals surface area contributed by atoms with Gasteiger partial charge in [0.25, 0.3) is 0 Å². The van der Waals surface area contributed by atoms with Gasteiger partial charge >= 0.3 is 0 Å². The molecule has 0 aromatic rings. The lowest BCUT2D eigenvalue weighted by molar-refractivity contribution is -0.0114. The molecule has 2 aliphatic rings. The molecule has 19 heavy (non-hydrogen) atoms. The van der Waals surface area contributed by atoms with Crippen molar-refractivity contribution in [3.05, 3.63) is 0 Å². The predicted octanol–water partition coefficient (Wildman–Crippen LogP) is 2.39. The van der Waals surface area contributed by atoms with Gasteiger partial charge in [-0.3, -0.25) is 0 Å². The first-order chi connectivity index (χ1) is 9.11. The fourth-order valence-corrected chi connectivity index (χ4v) is 3.57. The molecule has 2 unspecified atom stereocenters. The average molecular weight is 268 g/mol. The molecule has 0 bridgehead atoms. The number of rotatable bonds is 5. The van der Waals surface area contributed by atoms with E-state index in [1.807, 2.05) is 6.92 Å². The molecular weight excluding hydrogens is 236 g/mol. The van der Waals surface area contributed by atoms with Crippen LogP contribution in [0.1, 0.15) is 58.8 Å². The normalized spacial score (nSPS) is 32.4. The van der Waals surface area contributed by atoms with Gasteiger partial charge in [0, 0.05) is 25.7 Å². The van der Waals surface area contributed by atoms with E-state index < -0.39 is 5.60 Å². The van der Waals surface area contributed by atoms with Gasteiger partial charge in [0.2, 0.25) is 0 Å². The van der Waals surface area contributed by atoms with Crippen LogP contribution >= 0.6 is 0 Å². The molecule has 3 heteroatoms. The third-order valence-corrected chi connectivity index (χ3v) is 4.99. The summed E-state index contributed by atoms with van der Waals surface area (Å²) in [5.74, 6) is 0.823. The highest BCUT2D eigenvalue weighted by atomic mass is 16.3. The number of hydrogen-bond acceptors (Lipinski definition) is 3. The van der Waals surface area contributed by atoms with Gasteiger partial charge < -0.3 is 15.3 Å². The van der Waals surface area contributed by atoms with Gasteiger partial charge in [-0.1, -0.05) is 19.8 Å². The second-order valence-corrected chi connectivity index (χ2v) is 6.90. The van der Waals surface area contributed by atoms with Crippen LogP contribution in [-0.4, -0.2) is 47.8 Å². The van der Waals surface area contributed by atoms with E-state index in [0.29, 0.717) is 0 Å². The monoisotopic (exact) mass is 268 g/mol. The van der Waals surface area contributed by atoms with Crippen LogP contribution in [0.25, 0.3) is 0 Å². The van der Waals surface area contributed by atoms with Crippen molar-refractivity contribution in [3.8, 4) is 0 Å². The van der Waals surface area contributed by atoms with Crippen LogP contribution in [-0.2, 0) is 0 Å². The molecule has 1 saturated carbocycles. The van der Waals surface area contributed by atoms with Crippen molar-refractivity contribution in [1.82, 2.24) is 10.2 Å². The van der Waals surface area contributed by atoms with Crippen molar-refractivity contribution in [1.29, 1.82) is 0 Å². The van der Waals surface area contributed by atoms with E-state index >= 15 is 0 Å². The molecule has 1 aliphatic heterocycles. The third kappa shape index (κ3) is 4.73. The summed E-state index contributed by atoms with van der Waals surface area (Å²) in [6, 6.07) is 0.733. The second-order valence-electron chi connectivity index (χ2n) is 6.90. The summed E-state index contributed by atoms with van der Waals surface area (Å²) >= 11 is 0. The molecule has 0 radical (unpaired) electrons. The maximum Gasteiger partial charge on any atom is 0.0644 e. The summed E-state index contributed by atoms with van der Waals surface area (Å²) in [7, 11) is 0. The maximum absolute atomic E-state index is 10.0. The van der Waals surface area contributed by atoms with Gasteiger partial charge in [-0.05, 0) is 51.5 Å². The zero-order valence-corrected chi connectivity index (χ0v) is 12.8. The van der Waals surface area contributed by atoms with Crippen LogP contribution in [0.4, 0.5) is 0 Å². The first kappa shape index (κ1) is 15.3. The van der Waals surface area contributed by atoms with Crippen LogP contribution in [0.5, 0.6) is 0 Å². The topological polar surface area (TPSA) is 35.5 Å². The summed E-state index contributed by atoms with van der Waals surface area (Å²) in [4.78, 5) is 2.58. The van der Waals surface area contributed by atoms with Crippen molar-refractivity contribution in [2.24, 2.45) is 5.92 Å². The molecule has 0 aromatic heterocycles. The summed E-state index contributed by atoms with van der Waals surface area (Å²) < 4.78 is 0. The van der Waals surface area contributed by atoms with E-state index in [1.165, 1.54) is 38.6 Å². The first-order valence-corrected chi connectivity index (χ1v) is 8.29. The molecule has 2 rings (SSSR count). The van der Waals surface area contributed by atoms with Crippen molar-refractivity contribution >= 4 is 0 Å². The molecule has 1 aliphatic carbocycles. The SMILES string of the molecule is CCCNC1CCCCC1CN1CCC(C)(O)CC1. The first-order valence-electron chi connectivity index (χ1n) is 8.29. The smallest absolute Gasteiger partial charge is 0.0644 e. The van der Waals surface area contributed by atoms with Crippen molar-refractivity contribution in [3.63, 3.8) is 0 Å². The highest BCUT2D eigenvalue weighted by Crippen LogP contribution is 2.28. The largest absolute Gasteiger partial charge is 0.390 e. The number of nitrogens with zero attached hydrogens (tertiary/aromatic N) is 1. The maximum atomic E-state index is 10.0. The van der Waals surface area contributed by atoms with Gasteiger partial charge in [-0.2, -0.15) is 0 Å². The second kappa shape index (κ2) is 7.05. The predicted molar refractivity (Wildman–Crippen MR) is 80.3 cm³/mol. The molecule has 2 fully saturated rings. The fourth-order valence-electron chi connectivity index (χ4n) is 3.57. The molecule has 112 valence electrons. The molecule has 3 nitrogen and oxygen atoms in total. The number of hydrogen-bond donors (Lipinski definition) is 2. The van der Waals surface area contributed by atoms with Crippen LogP contribution in [0.15, 0.2) is 0 Å². The van der Waals surface area contributed by atoms with E-state index in [2.05, 4.69) is 17.1 Å². The minimum absolute atomic E-state index is 0.414. The summed E-state index contributed by atoms with van der Waals surface area (Å²) in [5.41, 5.74) is -0.414. The van der Waals surface area contributed by atoms with Crippen molar-refractivity contribution < 1.29 is 5.11 Å². The highest BCUT2D eigenvalue weighted by Gasteiger charge is 2.31. The van der Waals surface area contributed by atoms with Gasteiger partial charge in [0.05, 0.1) is 5.60 Å². The summed E-state index contributed by atoms with van der Waals surface area (Å²) in [6.07, 6.45) is 8.65. The molecule has 0 spiro atoms. The van der Waals surface area contributed by atoms with Crippen LogP contribution in [0.3, 0.4) is 0 Å². The zero-order chi connectivity index (χ0) is 13.7. The molecule has 1 saturated heterocycles. The third-order valence-electron chi connectivity index (χ3n) is 4.99. The lowest BCUT2D eigenvalue weighted by Crippen LogP contribution is -2.48. The Morgan fingerprint density at radius 2 is 1.89 bits per heavy atom. The van der Waals surface area contributed by atoms with Gasteiger partial charge in [-0.25, -0.2) is 0 Å². The minimum atomic E-state index is -0.414. The molecular formula is C16H32N2O. The Hall–Kier alpha value is -0.120. The molecule has 1 heterocycles. The molecule has 0 amide bonds. The fraction of sp³-hybridized carbons (Fsp3) is 1.00.